The molecule has 0 aliphatic rings. The van der Waals surface area contributed by atoms with Crippen molar-refractivity contribution in [3.05, 3.63) is 59.7 Å². The molecule has 8 nitrogen and oxygen atoms in total. The number of aromatic nitrogens is 6. The van der Waals surface area contributed by atoms with Gasteiger partial charge in [-0.2, -0.15) is 26.3 Å². The zero-order valence-corrected chi connectivity index (χ0v) is 16.1. The number of hydrogen-bond donors (Lipinski definition) is 2. The van der Waals surface area contributed by atoms with Crippen molar-refractivity contribution in [2.24, 2.45) is 0 Å². The van der Waals surface area contributed by atoms with Crippen LogP contribution >= 0.6 is 0 Å². The highest BCUT2D eigenvalue weighted by Crippen LogP contribution is 2.36. The minimum absolute atomic E-state index is 0.0459. The molecule has 0 aliphatic carbocycles. The van der Waals surface area contributed by atoms with Crippen molar-refractivity contribution < 1.29 is 26.3 Å². The third-order valence-corrected chi connectivity index (χ3v) is 4.31. The molecule has 0 saturated carbocycles. The first kappa shape index (κ1) is 22.0. The molecular weight excluding hydrogens is 454 g/mol. The lowest BCUT2D eigenvalue weighted by Gasteiger charge is -2.12. The number of nitrogens with zero attached hydrogens (tertiary/aromatic N) is 6. The van der Waals surface area contributed by atoms with Crippen LogP contribution in [0, 0.1) is 5.41 Å². The van der Waals surface area contributed by atoms with Gasteiger partial charge in [-0.1, -0.05) is 0 Å². The first-order chi connectivity index (χ1) is 15.6. The smallest absolute Gasteiger partial charge is 0.338 e. The van der Waals surface area contributed by atoms with Gasteiger partial charge >= 0.3 is 12.4 Å². The van der Waals surface area contributed by atoms with Crippen LogP contribution < -0.4 is 5.32 Å². The number of halogens is 6. The van der Waals surface area contributed by atoms with Crippen LogP contribution in [0.2, 0.25) is 0 Å². The van der Waals surface area contributed by atoms with E-state index < -0.39 is 29.2 Å². The molecule has 0 bridgehead atoms. The summed E-state index contributed by atoms with van der Waals surface area (Å²) in [7, 11) is 0. The van der Waals surface area contributed by atoms with E-state index in [2.05, 4.69) is 35.5 Å². The van der Waals surface area contributed by atoms with Gasteiger partial charge < -0.3 is 10.7 Å². The van der Waals surface area contributed by atoms with E-state index >= 15 is 0 Å². The average molecular weight is 464 g/mol. The summed E-state index contributed by atoms with van der Waals surface area (Å²) in [6, 6.07) is 4.09. The molecule has 0 radical (unpaired) electrons. The maximum atomic E-state index is 13.5. The zero-order valence-electron chi connectivity index (χ0n) is 16.1. The third-order valence-electron chi connectivity index (χ3n) is 4.31. The summed E-state index contributed by atoms with van der Waals surface area (Å²) < 4.78 is 78.5. The second-order valence-electron chi connectivity index (χ2n) is 6.51. The summed E-state index contributed by atoms with van der Waals surface area (Å²) in [5.41, 5.74) is -2.83. The largest absolute Gasteiger partial charge is 0.418 e. The van der Waals surface area contributed by atoms with Crippen LogP contribution in [0.1, 0.15) is 16.8 Å². The van der Waals surface area contributed by atoms with E-state index in [-0.39, 0.29) is 34.1 Å². The predicted molar refractivity (Wildman–Crippen MR) is 104 cm³/mol. The molecule has 0 spiro atoms. The van der Waals surface area contributed by atoms with Crippen LogP contribution in [0.5, 0.6) is 0 Å². The Balaban J connectivity index is 1.72. The molecule has 14 heteroatoms. The Labute approximate surface area is 180 Å². The topological polar surface area (TPSA) is 113 Å². The van der Waals surface area contributed by atoms with Crippen molar-refractivity contribution >= 4 is 28.9 Å². The second-order valence-corrected chi connectivity index (χ2v) is 6.51. The fraction of sp³-hybridized carbons (Fsp3) is 0.105. The molecule has 4 heterocycles. The molecule has 0 saturated heterocycles. The molecular formula is C19H10F6N8. The molecule has 4 aromatic heterocycles. The summed E-state index contributed by atoms with van der Waals surface area (Å²) in [5.74, 6) is 0.0776. The van der Waals surface area contributed by atoms with Crippen LogP contribution in [-0.2, 0) is 12.4 Å². The SMILES string of the molecule is N=Cc1cc(C(F)(F)F)c(-c2cnc3c(Nc4ccc(C(F)(F)F)cn4)ccnc3n2)nn1. The summed E-state index contributed by atoms with van der Waals surface area (Å²) in [6.45, 7) is 0. The fourth-order valence-corrected chi connectivity index (χ4v) is 2.79. The quantitative estimate of drug-likeness (QED) is 0.334. The van der Waals surface area contributed by atoms with Crippen LogP contribution in [0.4, 0.5) is 37.8 Å². The van der Waals surface area contributed by atoms with E-state index in [9.17, 15) is 26.3 Å². The van der Waals surface area contributed by atoms with E-state index in [1.807, 2.05) is 0 Å². The van der Waals surface area contributed by atoms with Gasteiger partial charge in [0, 0.05) is 18.6 Å². The van der Waals surface area contributed by atoms with Crippen LogP contribution in [0.15, 0.2) is 42.9 Å². The maximum absolute atomic E-state index is 13.5. The van der Waals surface area contributed by atoms with Crippen LogP contribution in [0.25, 0.3) is 22.6 Å². The molecule has 0 amide bonds. The normalized spacial score (nSPS) is 12.1. The lowest BCUT2D eigenvalue weighted by atomic mass is 10.1. The third kappa shape index (κ3) is 4.53. The van der Waals surface area contributed by atoms with Crippen molar-refractivity contribution in [3.63, 3.8) is 0 Å². The number of fused-ring (bicyclic) bond motifs is 1. The Bertz CT molecular complexity index is 1340. The zero-order chi connectivity index (χ0) is 23.8. The Morgan fingerprint density at radius 3 is 2.30 bits per heavy atom. The van der Waals surface area contributed by atoms with Crippen LogP contribution in [0.3, 0.4) is 0 Å². The number of hydrogen-bond acceptors (Lipinski definition) is 8. The Morgan fingerprint density at radius 1 is 0.879 bits per heavy atom. The first-order valence-corrected chi connectivity index (χ1v) is 8.94. The molecule has 2 N–H and O–H groups in total. The number of rotatable bonds is 4. The highest BCUT2D eigenvalue weighted by molar-refractivity contribution is 5.87. The highest BCUT2D eigenvalue weighted by Gasteiger charge is 2.36. The van der Waals surface area contributed by atoms with Gasteiger partial charge in [0.1, 0.15) is 28.4 Å². The van der Waals surface area contributed by atoms with Gasteiger partial charge in [-0.05, 0) is 24.3 Å². The summed E-state index contributed by atoms with van der Waals surface area (Å²) >= 11 is 0. The molecule has 4 aromatic rings. The average Bonchev–Trinajstić information content (AvgIpc) is 2.77. The van der Waals surface area contributed by atoms with Gasteiger partial charge in [0.15, 0.2) is 5.65 Å². The van der Waals surface area contributed by atoms with Gasteiger partial charge in [0.05, 0.1) is 23.0 Å². The summed E-state index contributed by atoms with van der Waals surface area (Å²) in [4.78, 5) is 15.9. The Morgan fingerprint density at radius 2 is 1.67 bits per heavy atom. The summed E-state index contributed by atoms with van der Waals surface area (Å²) in [6.07, 6.45) is -5.70. The van der Waals surface area contributed by atoms with E-state index in [1.165, 1.54) is 12.3 Å². The maximum Gasteiger partial charge on any atom is 0.418 e. The Hall–Kier alpha value is -4.23. The molecule has 0 atom stereocenters. The fourth-order valence-electron chi connectivity index (χ4n) is 2.79. The molecule has 0 unspecified atom stereocenters. The molecule has 0 aliphatic heterocycles. The number of pyridine rings is 2. The standard InChI is InChI=1S/C19H10F6N8/c20-18(21,22)9-1-2-14(28-7-9)30-12-3-4-27-17-16(12)29-8-13(31-17)15-11(19(23,24)25)5-10(6-26)32-33-15/h1-8,26H,(H,27,28,30,31). The van der Waals surface area contributed by atoms with Crippen molar-refractivity contribution in [2.45, 2.75) is 12.4 Å². The van der Waals surface area contributed by atoms with Crippen molar-refractivity contribution in [1.82, 2.24) is 30.1 Å². The van der Waals surface area contributed by atoms with Gasteiger partial charge in [-0.15, -0.1) is 10.2 Å². The van der Waals surface area contributed by atoms with E-state index in [0.717, 1.165) is 18.3 Å². The number of anilines is 2. The number of alkyl halides is 6. The minimum Gasteiger partial charge on any atom is -0.338 e. The second kappa shape index (κ2) is 8.03. The highest BCUT2D eigenvalue weighted by atomic mass is 19.4. The Kier molecular flexibility index (Phi) is 5.35. The monoisotopic (exact) mass is 464 g/mol. The lowest BCUT2D eigenvalue weighted by molar-refractivity contribution is -0.138. The molecule has 0 fully saturated rings. The van der Waals surface area contributed by atoms with Gasteiger partial charge in [0.2, 0.25) is 0 Å². The van der Waals surface area contributed by atoms with Gasteiger partial charge in [-0.25, -0.2) is 19.9 Å². The summed E-state index contributed by atoms with van der Waals surface area (Å²) in [5, 5.41) is 17.0. The van der Waals surface area contributed by atoms with E-state index in [1.54, 1.807) is 0 Å². The van der Waals surface area contributed by atoms with E-state index in [4.69, 9.17) is 5.41 Å². The van der Waals surface area contributed by atoms with Crippen molar-refractivity contribution in [1.29, 1.82) is 5.41 Å². The predicted octanol–water partition coefficient (Wildman–Crippen LogP) is 4.66. The lowest BCUT2D eigenvalue weighted by Crippen LogP contribution is -2.12. The van der Waals surface area contributed by atoms with Crippen molar-refractivity contribution in [3.8, 4) is 11.4 Å². The van der Waals surface area contributed by atoms with Gasteiger partial charge in [0.25, 0.3) is 0 Å². The minimum atomic E-state index is -4.79. The molecule has 4 rings (SSSR count). The van der Waals surface area contributed by atoms with E-state index in [0.29, 0.717) is 18.5 Å². The first-order valence-electron chi connectivity index (χ1n) is 8.94. The van der Waals surface area contributed by atoms with Gasteiger partial charge in [-0.3, -0.25) is 0 Å². The van der Waals surface area contributed by atoms with Crippen molar-refractivity contribution in [2.75, 3.05) is 5.32 Å². The number of nitrogens with one attached hydrogen (secondary N) is 2. The molecule has 0 aromatic carbocycles. The molecule has 33 heavy (non-hydrogen) atoms. The van der Waals surface area contributed by atoms with Crippen LogP contribution in [-0.4, -0.2) is 36.3 Å². The molecule has 168 valence electrons.